The minimum atomic E-state index is 0.415. The van der Waals surface area contributed by atoms with Gasteiger partial charge in [0.2, 0.25) is 0 Å². The highest BCUT2D eigenvalue weighted by atomic mass is 79.9. The van der Waals surface area contributed by atoms with Gasteiger partial charge in [-0.2, -0.15) is 11.3 Å². The molecule has 3 atom stereocenters. The van der Waals surface area contributed by atoms with Crippen molar-refractivity contribution in [2.75, 3.05) is 6.61 Å². The summed E-state index contributed by atoms with van der Waals surface area (Å²) in [5, 5.41) is 4.37. The first-order valence-corrected chi connectivity index (χ1v) is 6.90. The third-order valence-electron chi connectivity index (χ3n) is 2.91. The molecule has 3 unspecified atom stereocenters. The fourth-order valence-corrected chi connectivity index (χ4v) is 3.76. The molecule has 1 aliphatic heterocycles. The molecule has 0 saturated carbocycles. The van der Waals surface area contributed by atoms with E-state index in [1.165, 1.54) is 12.0 Å². The summed E-state index contributed by atoms with van der Waals surface area (Å²) in [5.74, 6) is 0.676. The lowest BCUT2D eigenvalue weighted by Crippen LogP contribution is -2.23. The van der Waals surface area contributed by atoms with Crippen molar-refractivity contribution < 1.29 is 4.74 Å². The Bertz CT molecular complexity index is 273. The summed E-state index contributed by atoms with van der Waals surface area (Å²) in [5.41, 5.74) is 1.44. The number of hydrogen-bond acceptors (Lipinski definition) is 2. The molecule has 0 aliphatic carbocycles. The second-order valence-corrected chi connectivity index (χ2v) is 5.84. The van der Waals surface area contributed by atoms with E-state index in [1.54, 1.807) is 11.3 Å². The van der Waals surface area contributed by atoms with Gasteiger partial charge in [-0.05, 0) is 48.1 Å². The predicted octanol–water partition coefficient (Wildman–Crippen LogP) is 3.48. The third-order valence-corrected chi connectivity index (χ3v) is 4.65. The summed E-state index contributed by atoms with van der Waals surface area (Å²) in [6.45, 7) is 3.11. The maximum absolute atomic E-state index is 5.58. The van der Waals surface area contributed by atoms with E-state index >= 15 is 0 Å². The summed E-state index contributed by atoms with van der Waals surface area (Å²) in [6.07, 6.45) is 2.74. The van der Waals surface area contributed by atoms with E-state index in [4.69, 9.17) is 4.74 Å². The molecular weight excluding hydrogens is 260 g/mol. The van der Waals surface area contributed by atoms with Gasteiger partial charge < -0.3 is 4.74 Å². The van der Waals surface area contributed by atoms with Crippen LogP contribution in [-0.2, 0) is 11.2 Å². The molecule has 0 bridgehead atoms. The van der Waals surface area contributed by atoms with E-state index in [-0.39, 0.29) is 0 Å². The van der Waals surface area contributed by atoms with Crippen molar-refractivity contribution in [1.29, 1.82) is 0 Å². The molecule has 0 aromatic carbocycles. The van der Waals surface area contributed by atoms with Gasteiger partial charge in [0, 0.05) is 11.4 Å². The average molecular weight is 275 g/mol. The van der Waals surface area contributed by atoms with Gasteiger partial charge in [0.1, 0.15) is 0 Å². The van der Waals surface area contributed by atoms with E-state index in [9.17, 15) is 0 Å². The molecule has 0 N–H and O–H groups in total. The second kappa shape index (κ2) is 4.77. The number of halogens is 1. The molecule has 0 amide bonds. The Morgan fingerprint density at radius 2 is 2.57 bits per heavy atom. The van der Waals surface area contributed by atoms with Crippen molar-refractivity contribution in [3.8, 4) is 0 Å². The van der Waals surface area contributed by atoms with Crippen molar-refractivity contribution in [3.05, 3.63) is 22.4 Å². The Kier molecular flexibility index (Phi) is 3.63. The normalized spacial score (nSPS) is 29.3. The average Bonchev–Trinajstić information content (AvgIpc) is 2.75. The first-order valence-electron chi connectivity index (χ1n) is 5.04. The lowest BCUT2D eigenvalue weighted by atomic mass is 9.95. The van der Waals surface area contributed by atoms with Crippen LogP contribution in [0.15, 0.2) is 16.8 Å². The summed E-state index contributed by atoms with van der Waals surface area (Å²) in [6, 6.07) is 2.21. The van der Waals surface area contributed by atoms with Crippen molar-refractivity contribution in [1.82, 2.24) is 0 Å². The highest BCUT2D eigenvalue weighted by molar-refractivity contribution is 9.09. The van der Waals surface area contributed by atoms with Gasteiger partial charge in [-0.25, -0.2) is 0 Å². The molecule has 3 heteroatoms. The van der Waals surface area contributed by atoms with E-state index in [0.29, 0.717) is 16.8 Å². The van der Waals surface area contributed by atoms with Crippen LogP contribution in [0.1, 0.15) is 18.9 Å². The van der Waals surface area contributed by atoms with Crippen molar-refractivity contribution in [2.24, 2.45) is 5.92 Å². The van der Waals surface area contributed by atoms with Gasteiger partial charge in [-0.3, -0.25) is 0 Å². The Balaban J connectivity index is 1.92. The van der Waals surface area contributed by atoms with Crippen LogP contribution in [0, 0.1) is 5.92 Å². The molecule has 1 nitrogen and oxygen atoms in total. The molecule has 2 heterocycles. The zero-order chi connectivity index (χ0) is 9.97. The quantitative estimate of drug-likeness (QED) is 0.767. The first kappa shape index (κ1) is 10.7. The van der Waals surface area contributed by atoms with Crippen molar-refractivity contribution in [2.45, 2.75) is 30.7 Å². The number of hydrogen-bond donors (Lipinski definition) is 0. The van der Waals surface area contributed by atoms with Crippen LogP contribution in [0.25, 0.3) is 0 Å². The van der Waals surface area contributed by atoms with Gasteiger partial charge in [-0.1, -0.05) is 15.9 Å². The number of rotatable bonds is 3. The molecule has 0 spiro atoms. The smallest absolute Gasteiger partial charge is 0.0586 e. The lowest BCUT2D eigenvalue weighted by molar-refractivity contribution is 0.105. The summed E-state index contributed by atoms with van der Waals surface area (Å²) in [4.78, 5) is 0.564. The highest BCUT2D eigenvalue weighted by Crippen LogP contribution is 2.30. The number of thiophene rings is 1. The van der Waals surface area contributed by atoms with Gasteiger partial charge in [0.15, 0.2) is 0 Å². The molecule has 2 rings (SSSR count). The minimum absolute atomic E-state index is 0.415. The van der Waals surface area contributed by atoms with Gasteiger partial charge in [-0.15, -0.1) is 0 Å². The molecule has 78 valence electrons. The Hall–Kier alpha value is 0.140. The third kappa shape index (κ3) is 2.38. The van der Waals surface area contributed by atoms with Crippen LogP contribution >= 0.6 is 27.3 Å². The lowest BCUT2D eigenvalue weighted by Gasteiger charge is -2.19. The Morgan fingerprint density at radius 1 is 1.71 bits per heavy atom. The van der Waals surface area contributed by atoms with Crippen LogP contribution in [0.2, 0.25) is 0 Å². The van der Waals surface area contributed by atoms with E-state index in [0.717, 1.165) is 13.0 Å². The standard InChI is InChI=1S/C11H15BrOS/c1-8-10(2-4-13-8)11(12)6-9-3-5-14-7-9/h3,5,7-8,10-11H,2,4,6H2,1H3. The summed E-state index contributed by atoms with van der Waals surface area (Å²) in [7, 11) is 0. The molecule has 1 saturated heterocycles. The zero-order valence-electron chi connectivity index (χ0n) is 8.28. The predicted molar refractivity (Wildman–Crippen MR) is 64.3 cm³/mol. The Labute approximate surface area is 97.6 Å². The van der Waals surface area contributed by atoms with E-state index in [2.05, 4.69) is 39.7 Å². The molecular formula is C11H15BrOS. The largest absolute Gasteiger partial charge is 0.378 e. The van der Waals surface area contributed by atoms with Crippen molar-refractivity contribution >= 4 is 27.3 Å². The topological polar surface area (TPSA) is 9.23 Å². The highest BCUT2D eigenvalue weighted by Gasteiger charge is 2.30. The van der Waals surface area contributed by atoms with E-state index in [1.807, 2.05) is 0 Å². The van der Waals surface area contributed by atoms with Gasteiger partial charge in [0.25, 0.3) is 0 Å². The fraction of sp³-hybridized carbons (Fsp3) is 0.636. The summed E-state index contributed by atoms with van der Waals surface area (Å²) < 4.78 is 5.58. The monoisotopic (exact) mass is 274 g/mol. The first-order chi connectivity index (χ1) is 6.77. The van der Waals surface area contributed by atoms with Crippen LogP contribution in [0.4, 0.5) is 0 Å². The van der Waals surface area contributed by atoms with Crippen LogP contribution in [-0.4, -0.2) is 17.5 Å². The molecule has 0 radical (unpaired) electrons. The minimum Gasteiger partial charge on any atom is -0.378 e. The van der Waals surface area contributed by atoms with Crippen LogP contribution in [0.3, 0.4) is 0 Å². The summed E-state index contributed by atoms with van der Waals surface area (Å²) >= 11 is 5.56. The Morgan fingerprint density at radius 3 is 3.14 bits per heavy atom. The van der Waals surface area contributed by atoms with Crippen LogP contribution < -0.4 is 0 Å². The molecule has 1 aromatic heterocycles. The molecule has 1 aliphatic rings. The van der Waals surface area contributed by atoms with Crippen LogP contribution in [0.5, 0.6) is 0 Å². The molecule has 1 fully saturated rings. The second-order valence-electron chi connectivity index (χ2n) is 3.88. The molecule has 14 heavy (non-hydrogen) atoms. The SMILES string of the molecule is CC1OCCC1C(Br)Cc1ccsc1. The number of alkyl halides is 1. The maximum atomic E-state index is 5.58. The zero-order valence-corrected chi connectivity index (χ0v) is 10.7. The molecule has 1 aromatic rings. The number of ether oxygens (including phenoxy) is 1. The fourth-order valence-electron chi connectivity index (χ4n) is 2.01. The van der Waals surface area contributed by atoms with E-state index < -0.39 is 0 Å². The van der Waals surface area contributed by atoms with Gasteiger partial charge >= 0.3 is 0 Å². The van der Waals surface area contributed by atoms with Crippen molar-refractivity contribution in [3.63, 3.8) is 0 Å². The maximum Gasteiger partial charge on any atom is 0.0586 e. The van der Waals surface area contributed by atoms with Gasteiger partial charge in [0.05, 0.1) is 6.10 Å².